The lowest BCUT2D eigenvalue weighted by Gasteiger charge is -2.30. The average molecular weight is 401 g/mol. The molecule has 0 fully saturated rings. The van der Waals surface area contributed by atoms with E-state index in [2.05, 4.69) is 11.5 Å². The lowest BCUT2D eigenvalue weighted by Crippen LogP contribution is -2.42. The molecule has 1 atom stereocenters. The van der Waals surface area contributed by atoms with Gasteiger partial charge in [0, 0.05) is 23.9 Å². The molecule has 0 saturated heterocycles. The van der Waals surface area contributed by atoms with Gasteiger partial charge in [-0.3, -0.25) is 15.1 Å². The lowest BCUT2D eigenvalue weighted by molar-refractivity contribution is -0.128. The zero-order valence-electron chi connectivity index (χ0n) is 15.7. The number of anilines is 1. The highest BCUT2D eigenvalue weighted by Crippen LogP contribution is 2.37. The third kappa shape index (κ3) is 3.30. The summed E-state index contributed by atoms with van der Waals surface area (Å²) in [7, 11) is 3.11. The number of halogens is 1. The number of nitrogens with one attached hydrogen (secondary N) is 1. The molecule has 0 aromatic heterocycles. The Bertz CT molecular complexity index is 944. The molecule has 0 spiro atoms. The first-order valence-corrected chi connectivity index (χ1v) is 9.45. The first-order chi connectivity index (χ1) is 13.6. The van der Waals surface area contributed by atoms with Gasteiger partial charge in [0.15, 0.2) is 6.10 Å². The first-order valence-electron chi connectivity index (χ1n) is 9.07. The van der Waals surface area contributed by atoms with E-state index >= 15 is 0 Å². The van der Waals surface area contributed by atoms with Gasteiger partial charge in [0.25, 0.3) is 5.91 Å². The lowest BCUT2D eigenvalue weighted by atomic mass is 10.0. The van der Waals surface area contributed by atoms with Crippen molar-refractivity contribution in [2.45, 2.75) is 18.9 Å². The van der Waals surface area contributed by atoms with Crippen LogP contribution >= 0.6 is 11.6 Å². The van der Waals surface area contributed by atoms with Crippen molar-refractivity contribution >= 4 is 28.9 Å². The Labute approximate surface area is 168 Å². The third-order valence-electron chi connectivity index (χ3n) is 5.00. The van der Waals surface area contributed by atoms with Crippen LogP contribution in [0.3, 0.4) is 0 Å². The fourth-order valence-corrected chi connectivity index (χ4v) is 3.84. The molecule has 1 N–H and O–H groups in total. The predicted octanol–water partition coefficient (Wildman–Crippen LogP) is 3.58. The van der Waals surface area contributed by atoms with Crippen molar-refractivity contribution in [1.29, 1.82) is 0 Å². The van der Waals surface area contributed by atoms with Crippen molar-refractivity contribution < 1.29 is 19.1 Å². The highest BCUT2D eigenvalue weighted by molar-refractivity contribution is 6.32. The second-order valence-corrected chi connectivity index (χ2v) is 7.04. The van der Waals surface area contributed by atoms with Crippen molar-refractivity contribution in [2.24, 2.45) is 0 Å². The summed E-state index contributed by atoms with van der Waals surface area (Å²) in [6.07, 6.45) is 2.93. The summed E-state index contributed by atoms with van der Waals surface area (Å²) >= 11 is 6.26. The summed E-state index contributed by atoms with van der Waals surface area (Å²) in [6, 6.07) is 11.4. The van der Waals surface area contributed by atoms with Crippen LogP contribution in [0.25, 0.3) is 5.70 Å². The number of aryl methyl sites for hydroxylation is 1. The van der Waals surface area contributed by atoms with E-state index in [1.54, 1.807) is 37.3 Å². The second kappa shape index (κ2) is 7.73. The summed E-state index contributed by atoms with van der Waals surface area (Å²) < 4.78 is 10.7. The number of nitrogens with zero attached hydrogens (tertiary/aromatic N) is 1. The molecule has 2 heterocycles. The topological polar surface area (TPSA) is 60.0 Å². The van der Waals surface area contributed by atoms with Gasteiger partial charge in [-0.15, -0.1) is 0 Å². The second-order valence-electron chi connectivity index (χ2n) is 6.63. The van der Waals surface area contributed by atoms with Gasteiger partial charge in [-0.05, 0) is 36.6 Å². The van der Waals surface area contributed by atoms with Crippen LogP contribution in [0.1, 0.15) is 17.5 Å². The van der Waals surface area contributed by atoms with Crippen molar-refractivity contribution in [2.75, 3.05) is 25.7 Å². The third-order valence-corrected chi connectivity index (χ3v) is 5.29. The molecule has 2 aromatic carbocycles. The number of fused-ring (bicyclic) bond motifs is 1. The zero-order chi connectivity index (χ0) is 19.7. The number of para-hydroxylation sites is 1. The van der Waals surface area contributed by atoms with E-state index in [1.165, 1.54) is 5.56 Å². The van der Waals surface area contributed by atoms with Crippen LogP contribution in [0.4, 0.5) is 5.69 Å². The predicted molar refractivity (Wildman–Crippen MR) is 108 cm³/mol. The summed E-state index contributed by atoms with van der Waals surface area (Å²) in [4.78, 5) is 20.5. The number of ether oxygens (including phenoxy) is 2. The number of hydrogen-bond donors (Lipinski definition) is 1. The van der Waals surface area contributed by atoms with E-state index in [4.69, 9.17) is 25.9 Å². The molecule has 2 aliphatic rings. The van der Waals surface area contributed by atoms with Crippen molar-refractivity contribution in [3.63, 3.8) is 0 Å². The Hall–Kier alpha value is -2.70. The van der Waals surface area contributed by atoms with Crippen LogP contribution < -0.4 is 19.9 Å². The number of hydrogen-bond acceptors (Lipinski definition) is 5. The molecule has 0 aliphatic carbocycles. The molecule has 0 unspecified atom stereocenters. The van der Waals surface area contributed by atoms with Crippen molar-refractivity contribution in [3.8, 4) is 11.5 Å². The highest BCUT2D eigenvalue weighted by atomic mass is 35.5. The Kier molecular flexibility index (Phi) is 5.15. The smallest absolute Gasteiger partial charge is 0.262 e. The molecular formula is C21H21ClN2O4. The minimum absolute atomic E-state index is 0.103. The zero-order valence-corrected chi connectivity index (χ0v) is 16.5. The van der Waals surface area contributed by atoms with Gasteiger partial charge >= 0.3 is 0 Å². The summed E-state index contributed by atoms with van der Waals surface area (Å²) in [5.74, 6) is 0.979. The fourth-order valence-electron chi connectivity index (χ4n) is 3.60. The summed E-state index contributed by atoms with van der Waals surface area (Å²) in [5.41, 5.74) is 6.30. The first kappa shape index (κ1) is 18.7. The fraction of sp³-hybridized carbons (Fsp3) is 0.286. The SMILES string of the molecule is COc1cc(OC)c(C2=C[C@H](C(=O)N3CCCc4ccccc43)ON2)cc1Cl. The van der Waals surface area contributed by atoms with E-state index < -0.39 is 6.10 Å². The van der Waals surface area contributed by atoms with E-state index in [0.29, 0.717) is 34.3 Å². The molecular weight excluding hydrogens is 380 g/mol. The molecule has 6 nitrogen and oxygen atoms in total. The van der Waals surface area contributed by atoms with Gasteiger partial charge in [0.05, 0.1) is 24.9 Å². The molecule has 0 radical (unpaired) electrons. The number of benzene rings is 2. The van der Waals surface area contributed by atoms with Crippen LogP contribution in [0.5, 0.6) is 11.5 Å². The maximum Gasteiger partial charge on any atom is 0.262 e. The molecule has 4 rings (SSSR count). The van der Waals surface area contributed by atoms with Crippen LogP contribution in [0.2, 0.25) is 5.02 Å². The maximum absolute atomic E-state index is 13.1. The number of methoxy groups -OCH3 is 2. The monoisotopic (exact) mass is 400 g/mol. The molecule has 28 heavy (non-hydrogen) atoms. The Morgan fingerprint density at radius 3 is 2.79 bits per heavy atom. The quantitative estimate of drug-likeness (QED) is 0.850. The van der Waals surface area contributed by atoms with Crippen LogP contribution in [-0.4, -0.2) is 32.8 Å². The van der Waals surface area contributed by atoms with Crippen LogP contribution in [-0.2, 0) is 16.1 Å². The van der Waals surface area contributed by atoms with Gasteiger partial charge in [-0.25, -0.2) is 0 Å². The Morgan fingerprint density at radius 2 is 2.00 bits per heavy atom. The minimum atomic E-state index is -0.730. The minimum Gasteiger partial charge on any atom is -0.496 e. The summed E-state index contributed by atoms with van der Waals surface area (Å²) in [5, 5.41) is 0.445. The van der Waals surface area contributed by atoms with E-state index in [0.717, 1.165) is 18.5 Å². The average Bonchev–Trinajstić information content (AvgIpc) is 3.22. The Balaban J connectivity index is 1.62. The standard InChI is InChI=1S/C21H21ClN2O4/c1-26-18-12-19(27-2)15(22)10-14(18)16-11-20(28-23-16)21(25)24-9-5-7-13-6-3-4-8-17(13)24/h3-4,6,8,10-12,20,23H,5,7,9H2,1-2H3/t20-/m1/s1. The van der Waals surface area contributed by atoms with E-state index in [1.807, 2.05) is 18.2 Å². The van der Waals surface area contributed by atoms with Crippen molar-refractivity contribution in [1.82, 2.24) is 5.48 Å². The number of carbonyl (C=O) groups is 1. The van der Waals surface area contributed by atoms with Crippen LogP contribution in [0, 0.1) is 0 Å². The normalized spacial score (nSPS) is 18.2. The molecule has 0 bridgehead atoms. The largest absolute Gasteiger partial charge is 0.496 e. The number of rotatable bonds is 4. The number of carbonyl (C=O) groups excluding carboxylic acids is 1. The molecule has 2 aliphatic heterocycles. The number of amides is 1. The Morgan fingerprint density at radius 1 is 1.21 bits per heavy atom. The van der Waals surface area contributed by atoms with Gasteiger partial charge < -0.3 is 14.4 Å². The van der Waals surface area contributed by atoms with E-state index in [9.17, 15) is 4.79 Å². The maximum atomic E-state index is 13.1. The number of hydroxylamine groups is 1. The molecule has 0 saturated carbocycles. The summed E-state index contributed by atoms with van der Waals surface area (Å²) in [6.45, 7) is 0.677. The van der Waals surface area contributed by atoms with Gasteiger partial charge in [0.2, 0.25) is 0 Å². The molecule has 7 heteroatoms. The molecule has 2 aromatic rings. The van der Waals surface area contributed by atoms with Gasteiger partial charge in [0.1, 0.15) is 11.5 Å². The van der Waals surface area contributed by atoms with E-state index in [-0.39, 0.29) is 5.91 Å². The van der Waals surface area contributed by atoms with Gasteiger partial charge in [-0.1, -0.05) is 29.8 Å². The van der Waals surface area contributed by atoms with Crippen LogP contribution in [0.15, 0.2) is 42.5 Å². The van der Waals surface area contributed by atoms with Crippen molar-refractivity contribution in [3.05, 3.63) is 58.6 Å². The van der Waals surface area contributed by atoms with Gasteiger partial charge in [-0.2, -0.15) is 0 Å². The molecule has 146 valence electrons. The molecule has 1 amide bonds. The highest BCUT2D eigenvalue weighted by Gasteiger charge is 2.32.